The Balaban J connectivity index is 3.34. The standard InChI is InChI=1S/C7H7FO2/c1-4-5(8)2-3-6(9)7(4)10/h2-3,9-10H,1H3. The number of hydrogen-bond donors (Lipinski definition) is 2. The lowest BCUT2D eigenvalue weighted by Gasteiger charge is -2.00. The van der Waals surface area contributed by atoms with Crippen LogP contribution in [0, 0.1) is 12.7 Å². The maximum atomic E-state index is 12.5. The number of phenolic OH excluding ortho intramolecular Hbond substituents is 2. The van der Waals surface area contributed by atoms with Crippen LogP contribution in [0.25, 0.3) is 0 Å². The van der Waals surface area contributed by atoms with Crippen LogP contribution in [0.1, 0.15) is 5.56 Å². The SMILES string of the molecule is Cc1c(F)ccc(O)c1O. The molecular weight excluding hydrogens is 135 g/mol. The van der Waals surface area contributed by atoms with Gasteiger partial charge in [-0.1, -0.05) is 0 Å². The predicted octanol–water partition coefficient (Wildman–Crippen LogP) is 1.55. The van der Waals surface area contributed by atoms with Gasteiger partial charge >= 0.3 is 0 Å². The molecule has 10 heavy (non-hydrogen) atoms. The molecule has 0 heterocycles. The molecule has 0 aliphatic carbocycles. The Morgan fingerprint density at radius 1 is 1.30 bits per heavy atom. The smallest absolute Gasteiger partial charge is 0.163 e. The predicted molar refractivity (Wildman–Crippen MR) is 34.5 cm³/mol. The van der Waals surface area contributed by atoms with Gasteiger partial charge in [0.15, 0.2) is 11.5 Å². The summed E-state index contributed by atoms with van der Waals surface area (Å²) in [5.74, 6) is -1.20. The van der Waals surface area contributed by atoms with Gasteiger partial charge < -0.3 is 10.2 Å². The second-order valence-electron chi connectivity index (χ2n) is 2.04. The quantitative estimate of drug-likeness (QED) is 0.539. The molecule has 2 nitrogen and oxygen atoms in total. The first-order chi connectivity index (χ1) is 4.63. The number of halogens is 1. The van der Waals surface area contributed by atoms with E-state index in [0.717, 1.165) is 12.1 Å². The molecule has 1 rings (SSSR count). The van der Waals surface area contributed by atoms with Crippen molar-refractivity contribution in [3.63, 3.8) is 0 Å². The lowest BCUT2D eigenvalue weighted by molar-refractivity contribution is 0.396. The second kappa shape index (κ2) is 2.17. The van der Waals surface area contributed by atoms with Gasteiger partial charge in [0.25, 0.3) is 0 Å². The highest BCUT2D eigenvalue weighted by Gasteiger charge is 2.05. The zero-order chi connectivity index (χ0) is 7.72. The van der Waals surface area contributed by atoms with E-state index in [9.17, 15) is 4.39 Å². The van der Waals surface area contributed by atoms with E-state index in [1.165, 1.54) is 6.92 Å². The first-order valence-corrected chi connectivity index (χ1v) is 2.80. The maximum Gasteiger partial charge on any atom is 0.163 e. The van der Waals surface area contributed by atoms with E-state index in [4.69, 9.17) is 10.2 Å². The third-order valence-corrected chi connectivity index (χ3v) is 1.34. The molecule has 0 fully saturated rings. The highest BCUT2D eigenvalue weighted by Crippen LogP contribution is 2.29. The number of benzene rings is 1. The molecule has 0 aliphatic heterocycles. The average molecular weight is 142 g/mol. The molecule has 54 valence electrons. The summed E-state index contributed by atoms with van der Waals surface area (Å²) >= 11 is 0. The van der Waals surface area contributed by atoms with Crippen LogP contribution in [0.15, 0.2) is 12.1 Å². The Hall–Kier alpha value is -1.25. The van der Waals surface area contributed by atoms with E-state index in [1.54, 1.807) is 0 Å². The minimum Gasteiger partial charge on any atom is -0.504 e. The molecule has 1 aromatic rings. The monoisotopic (exact) mass is 142 g/mol. The molecule has 0 saturated carbocycles. The number of phenols is 2. The fourth-order valence-electron chi connectivity index (χ4n) is 0.661. The molecule has 1 aromatic carbocycles. The van der Waals surface area contributed by atoms with Gasteiger partial charge in [0.1, 0.15) is 5.82 Å². The van der Waals surface area contributed by atoms with E-state index in [1.807, 2.05) is 0 Å². The topological polar surface area (TPSA) is 40.5 Å². The van der Waals surface area contributed by atoms with Crippen molar-refractivity contribution in [2.75, 3.05) is 0 Å². The Labute approximate surface area is 57.6 Å². The third-order valence-electron chi connectivity index (χ3n) is 1.34. The van der Waals surface area contributed by atoms with Gasteiger partial charge in [0, 0.05) is 5.56 Å². The minimum atomic E-state index is -0.518. The van der Waals surface area contributed by atoms with Gasteiger partial charge in [0.2, 0.25) is 0 Å². The summed E-state index contributed by atoms with van der Waals surface area (Å²) in [5.41, 5.74) is 0.0694. The molecule has 0 unspecified atom stereocenters. The van der Waals surface area contributed by atoms with Crippen LogP contribution in [-0.2, 0) is 0 Å². The van der Waals surface area contributed by atoms with Gasteiger partial charge in [-0.3, -0.25) is 0 Å². The average Bonchev–Trinajstić information content (AvgIpc) is 1.93. The molecule has 0 atom stereocenters. The van der Waals surface area contributed by atoms with E-state index in [2.05, 4.69) is 0 Å². The number of aromatic hydroxyl groups is 2. The highest BCUT2D eigenvalue weighted by atomic mass is 19.1. The largest absolute Gasteiger partial charge is 0.504 e. The van der Waals surface area contributed by atoms with E-state index in [-0.39, 0.29) is 17.1 Å². The maximum absolute atomic E-state index is 12.5. The summed E-state index contributed by atoms with van der Waals surface area (Å²) < 4.78 is 12.5. The Bertz CT molecular complexity index is 231. The van der Waals surface area contributed by atoms with Crippen molar-refractivity contribution in [2.45, 2.75) is 6.92 Å². The minimum absolute atomic E-state index is 0.0694. The van der Waals surface area contributed by atoms with Gasteiger partial charge in [0.05, 0.1) is 0 Å². The van der Waals surface area contributed by atoms with Gasteiger partial charge in [-0.05, 0) is 19.1 Å². The van der Waals surface area contributed by atoms with Crippen LogP contribution < -0.4 is 0 Å². The Morgan fingerprint density at radius 2 is 1.90 bits per heavy atom. The van der Waals surface area contributed by atoms with Crippen LogP contribution in [0.3, 0.4) is 0 Å². The van der Waals surface area contributed by atoms with Crippen LogP contribution in [0.2, 0.25) is 0 Å². The molecule has 3 heteroatoms. The van der Waals surface area contributed by atoms with E-state index in [0.29, 0.717) is 0 Å². The first-order valence-electron chi connectivity index (χ1n) is 2.80. The summed E-state index contributed by atoms with van der Waals surface area (Å²) in [6.07, 6.45) is 0. The lowest BCUT2D eigenvalue weighted by atomic mass is 10.2. The van der Waals surface area contributed by atoms with Crippen molar-refractivity contribution in [3.8, 4) is 11.5 Å². The van der Waals surface area contributed by atoms with Crippen molar-refractivity contribution in [1.29, 1.82) is 0 Å². The summed E-state index contributed by atoms with van der Waals surface area (Å²) in [4.78, 5) is 0. The van der Waals surface area contributed by atoms with Gasteiger partial charge in [-0.15, -0.1) is 0 Å². The zero-order valence-corrected chi connectivity index (χ0v) is 5.43. The number of hydrogen-bond acceptors (Lipinski definition) is 2. The molecule has 0 aromatic heterocycles. The Morgan fingerprint density at radius 3 is 2.40 bits per heavy atom. The highest BCUT2D eigenvalue weighted by molar-refractivity contribution is 5.44. The van der Waals surface area contributed by atoms with Crippen LogP contribution in [-0.4, -0.2) is 10.2 Å². The summed E-state index contributed by atoms with van der Waals surface area (Å²) in [7, 11) is 0. The summed E-state index contributed by atoms with van der Waals surface area (Å²) in [6.45, 7) is 1.39. The molecule has 0 radical (unpaired) electrons. The number of rotatable bonds is 0. The van der Waals surface area contributed by atoms with Crippen LogP contribution in [0.4, 0.5) is 4.39 Å². The lowest BCUT2D eigenvalue weighted by Crippen LogP contribution is -1.81. The van der Waals surface area contributed by atoms with Crippen molar-refractivity contribution in [3.05, 3.63) is 23.5 Å². The molecule has 0 spiro atoms. The third kappa shape index (κ3) is 0.900. The van der Waals surface area contributed by atoms with Gasteiger partial charge in [-0.2, -0.15) is 0 Å². The fourth-order valence-corrected chi connectivity index (χ4v) is 0.661. The van der Waals surface area contributed by atoms with Crippen molar-refractivity contribution in [2.24, 2.45) is 0 Å². The molecule has 0 saturated heterocycles. The molecule has 2 N–H and O–H groups in total. The molecule has 0 amide bonds. The molecule has 0 bridgehead atoms. The Kier molecular flexibility index (Phi) is 1.49. The molecule has 0 aliphatic rings. The normalized spacial score (nSPS) is 9.80. The van der Waals surface area contributed by atoms with Crippen molar-refractivity contribution in [1.82, 2.24) is 0 Å². The summed E-state index contributed by atoms with van der Waals surface area (Å²) in [5, 5.41) is 17.7. The fraction of sp³-hybridized carbons (Fsp3) is 0.143. The van der Waals surface area contributed by atoms with Crippen molar-refractivity contribution >= 4 is 0 Å². The van der Waals surface area contributed by atoms with E-state index < -0.39 is 5.82 Å². The van der Waals surface area contributed by atoms with Crippen LogP contribution in [0.5, 0.6) is 11.5 Å². The summed E-state index contributed by atoms with van der Waals surface area (Å²) in [6, 6.07) is 2.21. The van der Waals surface area contributed by atoms with E-state index >= 15 is 0 Å². The zero-order valence-electron chi connectivity index (χ0n) is 5.43. The first kappa shape index (κ1) is 6.86. The molecular formula is C7H7FO2. The second-order valence-corrected chi connectivity index (χ2v) is 2.04. The van der Waals surface area contributed by atoms with Crippen LogP contribution >= 0.6 is 0 Å². The van der Waals surface area contributed by atoms with Crippen molar-refractivity contribution < 1.29 is 14.6 Å². The van der Waals surface area contributed by atoms with Gasteiger partial charge in [-0.25, -0.2) is 4.39 Å².